The quantitative estimate of drug-likeness (QED) is 0.877. The third kappa shape index (κ3) is 3.17. The first-order chi connectivity index (χ1) is 9.51. The molecule has 2 N–H and O–H groups in total. The molecule has 0 bridgehead atoms. The van der Waals surface area contributed by atoms with E-state index in [-0.39, 0.29) is 10.6 Å². The predicted molar refractivity (Wildman–Crippen MR) is 80.4 cm³/mol. The number of carbonyl (C=O) groups is 1. The van der Waals surface area contributed by atoms with Crippen LogP contribution in [0.4, 0.5) is 0 Å². The van der Waals surface area contributed by atoms with E-state index in [1.807, 2.05) is 0 Å². The fourth-order valence-electron chi connectivity index (χ4n) is 1.48. The van der Waals surface area contributed by atoms with Crippen molar-refractivity contribution in [2.75, 3.05) is 7.11 Å². The standard InChI is InChI=1S/C13H10BrNO4S/c1-19-9-5-7(4-8(14)12(9)16)2-3-11-15-6-10(20-11)13(17)18/h2-6,16H,1H3,(H,17,18). The molecular formula is C13H10BrNO4S. The van der Waals surface area contributed by atoms with Crippen LogP contribution in [-0.4, -0.2) is 28.3 Å². The van der Waals surface area contributed by atoms with Gasteiger partial charge in [-0.05, 0) is 39.7 Å². The number of rotatable bonds is 4. The molecule has 0 amide bonds. The van der Waals surface area contributed by atoms with Gasteiger partial charge in [0, 0.05) is 0 Å². The molecule has 0 aliphatic rings. The van der Waals surface area contributed by atoms with Gasteiger partial charge in [0.25, 0.3) is 0 Å². The van der Waals surface area contributed by atoms with Crippen LogP contribution in [0.2, 0.25) is 0 Å². The number of carboxylic acids is 1. The van der Waals surface area contributed by atoms with Crippen LogP contribution in [0.3, 0.4) is 0 Å². The average Bonchev–Trinajstić information content (AvgIpc) is 2.89. The van der Waals surface area contributed by atoms with Crippen molar-refractivity contribution in [2.24, 2.45) is 0 Å². The van der Waals surface area contributed by atoms with Crippen LogP contribution in [-0.2, 0) is 0 Å². The molecule has 0 saturated carbocycles. The van der Waals surface area contributed by atoms with Crippen LogP contribution in [0.5, 0.6) is 11.5 Å². The lowest BCUT2D eigenvalue weighted by Crippen LogP contribution is -1.89. The van der Waals surface area contributed by atoms with Crippen molar-refractivity contribution in [3.8, 4) is 11.5 Å². The maximum absolute atomic E-state index is 10.7. The van der Waals surface area contributed by atoms with E-state index in [9.17, 15) is 9.90 Å². The van der Waals surface area contributed by atoms with Gasteiger partial charge in [-0.25, -0.2) is 9.78 Å². The van der Waals surface area contributed by atoms with Crippen LogP contribution in [0, 0.1) is 0 Å². The highest BCUT2D eigenvalue weighted by Gasteiger charge is 2.08. The van der Waals surface area contributed by atoms with Gasteiger partial charge in [-0.1, -0.05) is 6.08 Å². The third-order valence-electron chi connectivity index (χ3n) is 2.42. The lowest BCUT2D eigenvalue weighted by atomic mass is 10.2. The maximum atomic E-state index is 10.7. The number of ether oxygens (including phenoxy) is 1. The fraction of sp³-hybridized carbons (Fsp3) is 0.0769. The zero-order chi connectivity index (χ0) is 14.7. The number of carboxylic acid groups (broad SMARTS) is 1. The molecule has 0 unspecified atom stereocenters. The number of halogens is 1. The minimum atomic E-state index is -0.990. The van der Waals surface area contributed by atoms with Crippen molar-refractivity contribution < 1.29 is 19.7 Å². The maximum Gasteiger partial charge on any atom is 0.347 e. The normalized spacial score (nSPS) is 10.9. The highest BCUT2D eigenvalue weighted by atomic mass is 79.9. The molecule has 5 nitrogen and oxygen atoms in total. The molecule has 2 aromatic rings. The van der Waals surface area contributed by atoms with Gasteiger partial charge in [-0.3, -0.25) is 0 Å². The number of methoxy groups -OCH3 is 1. The van der Waals surface area contributed by atoms with E-state index >= 15 is 0 Å². The average molecular weight is 356 g/mol. The summed E-state index contributed by atoms with van der Waals surface area (Å²) in [4.78, 5) is 14.9. The van der Waals surface area contributed by atoms with E-state index in [2.05, 4.69) is 20.9 Å². The van der Waals surface area contributed by atoms with E-state index in [1.165, 1.54) is 13.3 Å². The summed E-state index contributed by atoms with van der Waals surface area (Å²) in [7, 11) is 1.47. The number of hydrogen-bond acceptors (Lipinski definition) is 5. The molecule has 20 heavy (non-hydrogen) atoms. The summed E-state index contributed by atoms with van der Waals surface area (Å²) in [6.07, 6.45) is 4.78. The van der Waals surface area contributed by atoms with E-state index in [0.717, 1.165) is 16.9 Å². The zero-order valence-corrected chi connectivity index (χ0v) is 12.7. The van der Waals surface area contributed by atoms with Crippen LogP contribution in [0.25, 0.3) is 12.2 Å². The van der Waals surface area contributed by atoms with Crippen LogP contribution < -0.4 is 4.74 Å². The Bertz CT molecular complexity index is 681. The lowest BCUT2D eigenvalue weighted by Gasteiger charge is -2.06. The Kier molecular flexibility index (Phi) is 4.41. The van der Waals surface area contributed by atoms with Crippen molar-refractivity contribution in [1.29, 1.82) is 0 Å². The number of hydrogen-bond donors (Lipinski definition) is 2. The van der Waals surface area contributed by atoms with Gasteiger partial charge in [0.2, 0.25) is 0 Å². The molecule has 0 radical (unpaired) electrons. The number of aromatic nitrogens is 1. The molecule has 7 heteroatoms. The summed E-state index contributed by atoms with van der Waals surface area (Å²) in [6, 6.07) is 3.39. The van der Waals surface area contributed by atoms with Crippen LogP contribution in [0.15, 0.2) is 22.8 Å². The van der Waals surface area contributed by atoms with E-state index in [1.54, 1.807) is 24.3 Å². The molecule has 1 aromatic carbocycles. The van der Waals surface area contributed by atoms with Crippen molar-refractivity contribution in [2.45, 2.75) is 0 Å². The summed E-state index contributed by atoms with van der Waals surface area (Å²) < 4.78 is 5.57. The second-order valence-corrected chi connectivity index (χ2v) is 5.67. The number of aromatic carboxylic acids is 1. The smallest absolute Gasteiger partial charge is 0.347 e. The molecule has 0 spiro atoms. The Morgan fingerprint density at radius 1 is 1.45 bits per heavy atom. The summed E-state index contributed by atoms with van der Waals surface area (Å²) in [5, 5.41) is 19.1. The Morgan fingerprint density at radius 3 is 2.80 bits per heavy atom. The van der Waals surface area contributed by atoms with Crippen molar-refractivity contribution in [3.63, 3.8) is 0 Å². The Hall–Kier alpha value is -1.86. The molecule has 0 atom stereocenters. The number of benzene rings is 1. The van der Waals surface area contributed by atoms with Crippen LogP contribution in [0.1, 0.15) is 20.2 Å². The first kappa shape index (κ1) is 14.5. The zero-order valence-electron chi connectivity index (χ0n) is 10.3. The number of aromatic hydroxyl groups is 1. The minimum absolute atomic E-state index is 0.0343. The topological polar surface area (TPSA) is 79.7 Å². The van der Waals surface area contributed by atoms with E-state index in [4.69, 9.17) is 9.84 Å². The lowest BCUT2D eigenvalue weighted by molar-refractivity contribution is 0.0702. The number of phenolic OH excluding ortho intramolecular Hbond substituents is 1. The summed E-state index contributed by atoms with van der Waals surface area (Å²) >= 11 is 4.32. The van der Waals surface area contributed by atoms with Gasteiger partial charge in [0.05, 0.1) is 17.8 Å². The molecule has 1 aromatic heterocycles. The molecule has 2 rings (SSSR count). The second kappa shape index (κ2) is 6.06. The molecule has 1 heterocycles. The highest BCUT2D eigenvalue weighted by molar-refractivity contribution is 9.10. The number of phenols is 1. The number of thiazole rings is 1. The predicted octanol–water partition coefficient (Wildman–Crippen LogP) is 3.49. The second-order valence-electron chi connectivity index (χ2n) is 3.75. The van der Waals surface area contributed by atoms with Gasteiger partial charge in [0.15, 0.2) is 11.5 Å². The Labute approximate surface area is 127 Å². The minimum Gasteiger partial charge on any atom is -0.503 e. The monoisotopic (exact) mass is 355 g/mol. The number of nitrogens with zero attached hydrogens (tertiary/aromatic N) is 1. The third-order valence-corrected chi connectivity index (χ3v) is 3.98. The molecule has 0 aliphatic heterocycles. The first-order valence-electron chi connectivity index (χ1n) is 5.45. The highest BCUT2D eigenvalue weighted by Crippen LogP contribution is 2.35. The largest absolute Gasteiger partial charge is 0.503 e. The Morgan fingerprint density at radius 2 is 2.20 bits per heavy atom. The summed E-state index contributed by atoms with van der Waals surface area (Å²) in [6.45, 7) is 0. The van der Waals surface area contributed by atoms with Gasteiger partial charge in [0.1, 0.15) is 9.88 Å². The Balaban J connectivity index is 2.26. The van der Waals surface area contributed by atoms with Gasteiger partial charge in [-0.15, -0.1) is 11.3 Å². The fourth-order valence-corrected chi connectivity index (χ4v) is 2.60. The molecule has 0 saturated heterocycles. The molecular weight excluding hydrogens is 346 g/mol. The van der Waals surface area contributed by atoms with Gasteiger partial charge >= 0.3 is 5.97 Å². The van der Waals surface area contributed by atoms with Crippen molar-refractivity contribution in [1.82, 2.24) is 4.98 Å². The summed E-state index contributed by atoms with van der Waals surface area (Å²) in [5.41, 5.74) is 0.790. The molecule has 0 fully saturated rings. The SMILES string of the molecule is COc1cc(C=Cc2ncc(C(=O)O)s2)cc(Br)c1O. The van der Waals surface area contributed by atoms with E-state index in [0.29, 0.717) is 15.2 Å². The van der Waals surface area contributed by atoms with Crippen molar-refractivity contribution >= 4 is 45.4 Å². The van der Waals surface area contributed by atoms with Crippen LogP contribution >= 0.6 is 27.3 Å². The van der Waals surface area contributed by atoms with Gasteiger partial charge in [-0.2, -0.15) is 0 Å². The van der Waals surface area contributed by atoms with E-state index < -0.39 is 5.97 Å². The first-order valence-corrected chi connectivity index (χ1v) is 7.06. The van der Waals surface area contributed by atoms with Gasteiger partial charge < -0.3 is 14.9 Å². The molecule has 0 aliphatic carbocycles. The molecule has 104 valence electrons. The summed E-state index contributed by atoms with van der Waals surface area (Å²) in [5.74, 6) is -0.604. The van der Waals surface area contributed by atoms with Crippen molar-refractivity contribution in [3.05, 3.63) is 38.3 Å².